The third-order valence-electron chi connectivity index (χ3n) is 2.96. The molecule has 21 heavy (non-hydrogen) atoms. The molecule has 1 unspecified atom stereocenters. The van der Waals surface area contributed by atoms with Crippen molar-refractivity contribution in [1.29, 1.82) is 0 Å². The molecule has 0 fully saturated rings. The molecule has 0 bridgehead atoms. The molecule has 112 valence electrons. The fourth-order valence-electron chi connectivity index (χ4n) is 2.12. The van der Waals surface area contributed by atoms with E-state index in [0.29, 0.717) is 5.16 Å². The van der Waals surface area contributed by atoms with Gasteiger partial charge in [0.25, 0.3) is 0 Å². The first-order valence-corrected chi connectivity index (χ1v) is 8.15. The molecule has 6 nitrogen and oxygen atoms in total. The molecule has 2 rings (SSSR count). The highest BCUT2D eigenvalue weighted by Gasteiger charge is 2.21. The lowest BCUT2D eigenvalue weighted by Gasteiger charge is -2.27. The fraction of sp³-hybridized carbons (Fsp3) is 0.357. The average molecular weight is 306 g/mol. The second-order valence-corrected chi connectivity index (χ2v) is 6.16. The van der Waals surface area contributed by atoms with E-state index >= 15 is 0 Å². The second kappa shape index (κ2) is 6.62. The van der Waals surface area contributed by atoms with Crippen molar-refractivity contribution in [2.24, 2.45) is 0 Å². The highest BCUT2D eigenvalue weighted by atomic mass is 32.2. The van der Waals surface area contributed by atoms with Crippen LogP contribution in [0.5, 0.6) is 0 Å². The van der Waals surface area contributed by atoms with Crippen LogP contribution < -0.4 is 4.90 Å². The van der Waals surface area contributed by atoms with Gasteiger partial charge in [0.05, 0.1) is 10.8 Å². The van der Waals surface area contributed by atoms with Crippen LogP contribution in [0.2, 0.25) is 0 Å². The first-order chi connectivity index (χ1) is 10.0. The van der Waals surface area contributed by atoms with E-state index in [0.717, 1.165) is 5.69 Å². The van der Waals surface area contributed by atoms with Crippen molar-refractivity contribution in [2.45, 2.75) is 31.6 Å². The summed E-state index contributed by atoms with van der Waals surface area (Å²) >= 11 is 0. The van der Waals surface area contributed by atoms with Gasteiger partial charge in [0.15, 0.2) is 0 Å². The minimum atomic E-state index is -1.28. The standard InChI is InChI=1S/C14H18N4O2S/c1-11(2)18(12-7-5-4-6-8-12)13(19)9-17-10-15-16-14(17)21(3)20/h4-8,10-11H,9H2,1-3H3. The topological polar surface area (TPSA) is 68.1 Å². The minimum absolute atomic E-state index is 0.0203. The van der Waals surface area contributed by atoms with E-state index < -0.39 is 10.8 Å². The first kappa shape index (κ1) is 15.4. The number of aromatic nitrogens is 3. The Labute approximate surface area is 126 Å². The molecule has 0 aliphatic heterocycles. The predicted molar refractivity (Wildman–Crippen MR) is 81.4 cm³/mol. The van der Waals surface area contributed by atoms with Gasteiger partial charge in [-0.3, -0.25) is 13.6 Å². The molecule has 0 saturated carbocycles. The molecule has 0 aliphatic carbocycles. The Hall–Kier alpha value is -2.02. The van der Waals surface area contributed by atoms with Gasteiger partial charge in [0.2, 0.25) is 11.1 Å². The normalized spacial score (nSPS) is 12.4. The Kier molecular flexibility index (Phi) is 4.85. The number of carbonyl (C=O) groups excluding carboxylic acids is 1. The zero-order chi connectivity index (χ0) is 15.4. The highest BCUT2D eigenvalue weighted by Crippen LogP contribution is 2.17. The zero-order valence-corrected chi connectivity index (χ0v) is 13.1. The summed E-state index contributed by atoms with van der Waals surface area (Å²) in [5.74, 6) is -0.0947. The third-order valence-corrected chi connectivity index (χ3v) is 3.79. The number of carbonyl (C=O) groups is 1. The first-order valence-electron chi connectivity index (χ1n) is 6.59. The molecule has 1 atom stereocenters. The van der Waals surface area contributed by atoms with Crippen LogP contribution in [-0.2, 0) is 22.1 Å². The van der Waals surface area contributed by atoms with Crippen molar-refractivity contribution in [2.75, 3.05) is 11.2 Å². The van der Waals surface area contributed by atoms with Gasteiger partial charge in [-0.1, -0.05) is 18.2 Å². The Morgan fingerprint density at radius 3 is 2.57 bits per heavy atom. The summed E-state index contributed by atoms with van der Waals surface area (Å²) in [6.07, 6.45) is 2.94. The van der Waals surface area contributed by atoms with Crippen LogP contribution in [0.25, 0.3) is 0 Å². The van der Waals surface area contributed by atoms with Gasteiger partial charge >= 0.3 is 0 Å². The Balaban J connectivity index is 2.24. The Morgan fingerprint density at radius 2 is 2.00 bits per heavy atom. The largest absolute Gasteiger partial charge is 0.308 e. The van der Waals surface area contributed by atoms with Gasteiger partial charge in [-0.05, 0) is 26.0 Å². The highest BCUT2D eigenvalue weighted by molar-refractivity contribution is 7.84. The average Bonchev–Trinajstić information content (AvgIpc) is 2.88. The maximum Gasteiger partial charge on any atom is 0.247 e. The number of anilines is 1. The lowest BCUT2D eigenvalue weighted by atomic mass is 10.2. The van der Waals surface area contributed by atoms with E-state index in [2.05, 4.69) is 10.2 Å². The summed E-state index contributed by atoms with van der Waals surface area (Å²) in [6.45, 7) is 3.97. The van der Waals surface area contributed by atoms with Gasteiger partial charge in [0, 0.05) is 18.0 Å². The summed E-state index contributed by atoms with van der Waals surface area (Å²) in [5, 5.41) is 7.82. The van der Waals surface area contributed by atoms with Crippen molar-refractivity contribution in [3.05, 3.63) is 36.7 Å². The number of rotatable bonds is 5. The fourth-order valence-corrected chi connectivity index (χ4v) is 2.72. The van der Waals surface area contributed by atoms with Gasteiger partial charge in [0.1, 0.15) is 12.9 Å². The van der Waals surface area contributed by atoms with Crippen LogP contribution in [0.15, 0.2) is 41.8 Å². The van der Waals surface area contributed by atoms with Gasteiger partial charge in [-0.2, -0.15) is 0 Å². The summed E-state index contributed by atoms with van der Waals surface area (Å²) in [6, 6.07) is 9.50. The number of hydrogen-bond acceptors (Lipinski definition) is 4. The SMILES string of the molecule is CC(C)N(C(=O)Cn1cnnc1S(C)=O)c1ccccc1. The van der Waals surface area contributed by atoms with Gasteiger partial charge in [-0.25, -0.2) is 0 Å². The number of nitrogens with zero attached hydrogens (tertiary/aromatic N) is 4. The van der Waals surface area contributed by atoms with E-state index in [1.165, 1.54) is 17.2 Å². The van der Waals surface area contributed by atoms with Crippen molar-refractivity contribution in [3.63, 3.8) is 0 Å². The number of para-hydroxylation sites is 1. The van der Waals surface area contributed by atoms with E-state index in [-0.39, 0.29) is 18.5 Å². The molecule has 7 heteroatoms. The predicted octanol–water partition coefficient (Wildman–Crippen LogP) is 1.46. The maximum atomic E-state index is 12.6. The van der Waals surface area contributed by atoms with E-state index in [9.17, 15) is 9.00 Å². The molecule has 0 radical (unpaired) electrons. The molecule has 0 saturated heterocycles. The lowest BCUT2D eigenvalue weighted by molar-refractivity contribution is -0.119. The zero-order valence-electron chi connectivity index (χ0n) is 12.3. The minimum Gasteiger partial charge on any atom is -0.308 e. The summed E-state index contributed by atoms with van der Waals surface area (Å²) in [7, 11) is -1.28. The number of hydrogen-bond donors (Lipinski definition) is 0. The smallest absolute Gasteiger partial charge is 0.247 e. The molecule has 0 N–H and O–H groups in total. The van der Waals surface area contributed by atoms with Crippen molar-refractivity contribution >= 4 is 22.4 Å². The van der Waals surface area contributed by atoms with E-state index in [1.807, 2.05) is 44.2 Å². The monoisotopic (exact) mass is 306 g/mol. The van der Waals surface area contributed by atoms with Gasteiger partial charge < -0.3 is 4.90 Å². The summed E-state index contributed by atoms with van der Waals surface area (Å²) in [5.41, 5.74) is 0.838. The van der Waals surface area contributed by atoms with Crippen LogP contribution in [0, 0.1) is 0 Å². The molecular formula is C14H18N4O2S. The quantitative estimate of drug-likeness (QED) is 0.838. The molecule has 0 aliphatic rings. The maximum absolute atomic E-state index is 12.6. The van der Waals surface area contributed by atoms with Crippen molar-refractivity contribution < 1.29 is 9.00 Å². The summed E-state index contributed by atoms with van der Waals surface area (Å²) in [4.78, 5) is 14.3. The second-order valence-electron chi connectivity index (χ2n) is 4.89. The third kappa shape index (κ3) is 3.55. The molecule has 0 spiro atoms. The molecular weight excluding hydrogens is 288 g/mol. The molecule has 1 aromatic carbocycles. The Morgan fingerprint density at radius 1 is 1.33 bits per heavy atom. The Bertz CT molecular complexity index is 639. The van der Waals surface area contributed by atoms with E-state index in [4.69, 9.17) is 0 Å². The molecule has 2 aromatic rings. The van der Waals surface area contributed by atoms with Crippen LogP contribution in [0.3, 0.4) is 0 Å². The van der Waals surface area contributed by atoms with Crippen LogP contribution in [-0.4, -0.2) is 37.2 Å². The van der Waals surface area contributed by atoms with Crippen molar-refractivity contribution in [3.8, 4) is 0 Å². The molecule has 1 aromatic heterocycles. The molecule has 1 heterocycles. The molecule has 1 amide bonds. The van der Waals surface area contributed by atoms with Crippen LogP contribution >= 0.6 is 0 Å². The van der Waals surface area contributed by atoms with Crippen LogP contribution in [0.4, 0.5) is 5.69 Å². The lowest BCUT2D eigenvalue weighted by Crippen LogP contribution is -2.39. The van der Waals surface area contributed by atoms with Crippen molar-refractivity contribution in [1.82, 2.24) is 14.8 Å². The van der Waals surface area contributed by atoms with Gasteiger partial charge in [-0.15, -0.1) is 10.2 Å². The number of benzene rings is 1. The number of amides is 1. The summed E-state index contributed by atoms with van der Waals surface area (Å²) < 4.78 is 13.1. The van der Waals surface area contributed by atoms with Crippen LogP contribution in [0.1, 0.15) is 13.8 Å². The van der Waals surface area contributed by atoms with E-state index in [1.54, 1.807) is 4.90 Å².